The van der Waals surface area contributed by atoms with E-state index in [4.69, 9.17) is 9.15 Å². The molecule has 166 valence electrons. The number of carbonyl (C=O) groups is 1. The van der Waals surface area contributed by atoms with Gasteiger partial charge in [-0.1, -0.05) is 18.2 Å². The van der Waals surface area contributed by atoms with Gasteiger partial charge in [-0.3, -0.25) is 14.5 Å². The molecule has 2 aliphatic rings. The van der Waals surface area contributed by atoms with E-state index in [-0.39, 0.29) is 27.9 Å². The van der Waals surface area contributed by atoms with Crippen LogP contribution in [0.25, 0.3) is 11.0 Å². The number of carbonyl (C=O) groups excluding carboxylic acids is 1. The van der Waals surface area contributed by atoms with E-state index < -0.39 is 29.0 Å². The molecule has 0 N–H and O–H groups in total. The van der Waals surface area contributed by atoms with Gasteiger partial charge in [0.05, 0.1) is 30.2 Å². The first kappa shape index (κ1) is 20.8. The number of fused-ring (bicyclic) bond motifs is 2. The molecule has 8 heteroatoms. The zero-order valence-corrected chi connectivity index (χ0v) is 17.4. The summed E-state index contributed by atoms with van der Waals surface area (Å²) in [6, 6.07) is 8.74. The predicted molar refractivity (Wildman–Crippen MR) is 114 cm³/mol. The lowest BCUT2D eigenvalue weighted by atomic mass is 9.98. The molecule has 32 heavy (non-hydrogen) atoms. The summed E-state index contributed by atoms with van der Waals surface area (Å²) in [5.41, 5.74) is -0.109. The van der Waals surface area contributed by atoms with Crippen molar-refractivity contribution < 1.29 is 22.7 Å². The second kappa shape index (κ2) is 8.44. The van der Waals surface area contributed by atoms with Crippen LogP contribution in [0.4, 0.5) is 8.78 Å². The summed E-state index contributed by atoms with van der Waals surface area (Å²) in [7, 11) is 0. The minimum absolute atomic E-state index is 0.0352. The van der Waals surface area contributed by atoms with Crippen LogP contribution in [0.15, 0.2) is 51.7 Å². The summed E-state index contributed by atoms with van der Waals surface area (Å²) in [5.74, 6) is -1.67. The lowest BCUT2D eigenvalue weighted by molar-refractivity contribution is 0.0353. The maximum absolute atomic E-state index is 14.8. The zero-order chi connectivity index (χ0) is 22.2. The number of ether oxygens (including phenoxy) is 1. The Morgan fingerprint density at radius 3 is 2.56 bits per heavy atom. The molecule has 3 aromatic rings. The van der Waals surface area contributed by atoms with Crippen molar-refractivity contribution in [3.8, 4) is 0 Å². The largest absolute Gasteiger partial charge is 0.450 e. The third-order valence-corrected chi connectivity index (χ3v) is 6.10. The molecule has 1 fully saturated rings. The van der Waals surface area contributed by atoms with Crippen molar-refractivity contribution in [2.45, 2.75) is 12.5 Å². The van der Waals surface area contributed by atoms with Crippen molar-refractivity contribution >= 4 is 16.9 Å². The zero-order valence-electron chi connectivity index (χ0n) is 17.4. The fraction of sp³-hybridized carbons (Fsp3) is 0.333. The van der Waals surface area contributed by atoms with Crippen LogP contribution in [-0.2, 0) is 4.74 Å². The van der Waals surface area contributed by atoms with Crippen LogP contribution in [0.5, 0.6) is 0 Å². The van der Waals surface area contributed by atoms with E-state index in [0.717, 1.165) is 25.7 Å². The van der Waals surface area contributed by atoms with E-state index in [0.29, 0.717) is 26.2 Å². The van der Waals surface area contributed by atoms with Gasteiger partial charge in [0, 0.05) is 31.7 Å². The van der Waals surface area contributed by atoms with Crippen molar-refractivity contribution in [2.75, 3.05) is 39.4 Å². The maximum atomic E-state index is 14.8. The number of benzene rings is 2. The topological polar surface area (TPSA) is 63.0 Å². The Morgan fingerprint density at radius 2 is 1.78 bits per heavy atom. The molecule has 6 nitrogen and oxygen atoms in total. The predicted octanol–water partition coefficient (Wildman–Crippen LogP) is 3.34. The molecule has 2 aliphatic heterocycles. The van der Waals surface area contributed by atoms with E-state index in [2.05, 4.69) is 4.90 Å². The molecule has 3 heterocycles. The molecule has 0 spiro atoms. The van der Waals surface area contributed by atoms with Crippen molar-refractivity contribution in [3.05, 3.63) is 81.2 Å². The molecular weight excluding hydrogens is 418 g/mol. The molecule has 0 radical (unpaired) electrons. The quantitative estimate of drug-likeness (QED) is 0.609. The van der Waals surface area contributed by atoms with Gasteiger partial charge in [-0.25, -0.2) is 8.78 Å². The highest BCUT2D eigenvalue weighted by Crippen LogP contribution is 2.39. The summed E-state index contributed by atoms with van der Waals surface area (Å²) in [4.78, 5) is 30.4. The molecule has 0 aliphatic carbocycles. The fourth-order valence-electron chi connectivity index (χ4n) is 4.53. The van der Waals surface area contributed by atoms with Crippen molar-refractivity contribution in [1.82, 2.24) is 9.80 Å². The van der Waals surface area contributed by atoms with Gasteiger partial charge in [0.2, 0.25) is 5.76 Å². The number of amides is 1. The molecule has 1 saturated heterocycles. The normalized spacial score (nSPS) is 19.0. The number of hydrogen-bond acceptors (Lipinski definition) is 5. The second-order valence-corrected chi connectivity index (χ2v) is 8.04. The van der Waals surface area contributed by atoms with E-state index in [1.54, 1.807) is 18.2 Å². The van der Waals surface area contributed by atoms with Crippen LogP contribution in [0.3, 0.4) is 0 Å². The summed E-state index contributed by atoms with van der Waals surface area (Å²) in [6.07, 6.45) is 0.646. The van der Waals surface area contributed by atoms with Gasteiger partial charge >= 0.3 is 0 Å². The average molecular weight is 440 g/mol. The highest BCUT2D eigenvalue weighted by molar-refractivity contribution is 5.99. The van der Waals surface area contributed by atoms with E-state index in [1.165, 1.54) is 23.1 Å². The Bertz CT molecular complexity index is 1240. The minimum Gasteiger partial charge on any atom is -0.450 e. The van der Waals surface area contributed by atoms with Crippen molar-refractivity contribution in [2.24, 2.45) is 0 Å². The lowest BCUT2D eigenvalue weighted by Crippen LogP contribution is -2.39. The van der Waals surface area contributed by atoms with Gasteiger partial charge in [0.1, 0.15) is 17.2 Å². The number of nitrogens with zero attached hydrogens (tertiary/aromatic N) is 2. The Balaban J connectivity index is 1.55. The second-order valence-electron chi connectivity index (χ2n) is 8.04. The molecule has 0 bridgehead atoms. The molecule has 1 amide bonds. The van der Waals surface area contributed by atoms with Gasteiger partial charge in [-0.2, -0.15) is 0 Å². The Hall–Kier alpha value is -3.10. The maximum Gasteiger partial charge on any atom is 0.290 e. The summed E-state index contributed by atoms with van der Waals surface area (Å²) >= 11 is 0. The van der Waals surface area contributed by atoms with Crippen LogP contribution in [0.2, 0.25) is 0 Å². The number of hydrogen-bond donors (Lipinski definition) is 0. The van der Waals surface area contributed by atoms with E-state index in [9.17, 15) is 18.4 Å². The average Bonchev–Trinajstić information content (AvgIpc) is 3.07. The number of morpholine rings is 1. The van der Waals surface area contributed by atoms with Crippen LogP contribution in [0.1, 0.15) is 34.1 Å². The molecule has 2 aromatic carbocycles. The summed E-state index contributed by atoms with van der Waals surface area (Å²) in [6.45, 7) is 4.07. The van der Waals surface area contributed by atoms with Crippen LogP contribution >= 0.6 is 0 Å². The van der Waals surface area contributed by atoms with Gasteiger partial charge in [0.15, 0.2) is 5.43 Å². The summed E-state index contributed by atoms with van der Waals surface area (Å²) < 4.78 is 39.8. The SMILES string of the molecule is O=C1c2oc3ccc(F)cc3c(=O)c2C(c2ccccc2F)N1CCCN1CCOCC1. The molecule has 5 rings (SSSR count). The Morgan fingerprint density at radius 1 is 1.00 bits per heavy atom. The first-order valence-electron chi connectivity index (χ1n) is 10.7. The van der Waals surface area contributed by atoms with Crippen molar-refractivity contribution in [1.29, 1.82) is 0 Å². The van der Waals surface area contributed by atoms with Crippen LogP contribution in [-0.4, -0.2) is 55.1 Å². The van der Waals surface area contributed by atoms with Gasteiger partial charge in [0.25, 0.3) is 5.91 Å². The molecule has 1 unspecified atom stereocenters. The monoisotopic (exact) mass is 440 g/mol. The molecule has 0 saturated carbocycles. The van der Waals surface area contributed by atoms with Crippen molar-refractivity contribution in [3.63, 3.8) is 0 Å². The standard InChI is InChI=1S/C24H22F2N2O4/c25-15-6-7-19-17(14-15)22(29)20-21(16-4-1-2-5-18(16)26)28(24(30)23(20)32-19)9-3-8-27-10-12-31-13-11-27/h1-2,4-7,14,21H,3,8-13H2. The smallest absolute Gasteiger partial charge is 0.290 e. The fourth-order valence-corrected chi connectivity index (χ4v) is 4.53. The number of rotatable bonds is 5. The van der Waals surface area contributed by atoms with Gasteiger partial charge in [-0.05, 0) is 30.7 Å². The van der Waals surface area contributed by atoms with E-state index in [1.807, 2.05) is 0 Å². The minimum atomic E-state index is -0.924. The van der Waals surface area contributed by atoms with Crippen LogP contribution < -0.4 is 5.43 Å². The highest BCUT2D eigenvalue weighted by Gasteiger charge is 2.43. The first-order valence-corrected chi connectivity index (χ1v) is 10.7. The lowest BCUT2D eigenvalue weighted by Gasteiger charge is -2.29. The molecule has 1 atom stereocenters. The number of halogens is 2. The van der Waals surface area contributed by atoms with Gasteiger partial charge < -0.3 is 14.1 Å². The summed E-state index contributed by atoms with van der Waals surface area (Å²) in [5, 5.41) is 0.0352. The Kier molecular flexibility index (Phi) is 5.48. The third kappa shape index (κ3) is 3.59. The Labute approximate surface area is 183 Å². The third-order valence-electron chi connectivity index (χ3n) is 6.10. The molecule has 1 aromatic heterocycles. The highest BCUT2D eigenvalue weighted by atomic mass is 19.1. The van der Waals surface area contributed by atoms with Crippen LogP contribution in [0, 0.1) is 11.6 Å². The first-order chi connectivity index (χ1) is 15.5. The van der Waals surface area contributed by atoms with E-state index >= 15 is 0 Å². The molecular formula is C24H22F2N2O4. The van der Waals surface area contributed by atoms with Gasteiger partial charge in [-0.15, -0.1) is 0 Å².